The summed E-state index contributed by atoms with van der Waals surface area (Å²) in [6.45, 7) is 4.07. The summed E-state index contributed by atoms with van der Waals surface area (Å²) in [7, 11) is 4.26. The molecule has 5 aromatic heterocycles. The highest BCUT2D eigenvalue weighted by Crippen LogP contribution is 2.52. The molecule has 800 valence electrons. The average molecular weight is 2150 g/mol. The summed E-state index contributed by atoms with van der Waals surface area (Å²) < 4.78 is 147. The SMILES string of the molecule is COc1c(N2CCC/C(=C(\C)CN)C2)c(F)cc2c(=O)c(C(=O)O)cn(C3CC3)c12.COc1c(N2CCC/C(=C(\Cl)CN)C2)c(F)cc2c(=O)c(C(=O)O)cn(C3CC3)c12.COc1c(N2CCC/C(=C(\F)CN)C2)c(F)cc2c(=O)c(C(=O)O)cn(C3CC3)c12.NC/C(Cl)=C1/CCCN(c2c(F)cc3c(=O)c(C(=O)O)cn(C4CC4)c3c2OC(F)F)C1.NC/C(Cl)=C1/CCCN(c2cc3c(cc2F)c(=O)c(C(=O)O)cn3C2CC2)C1. The fourth-order valence-corrected chi connectivity index (χ4v) is 21.1. The molecule has 5 aliphatic heterocycles. The molecule has 20 rings (SSSR count). The lowest BCUT2D eigenvalue weighted by molar-refractivity contribution is -0.0488. The number of carboxylic acids is 5. The van der Waals surface area contributed by atoms with Crippen molar-refractivity contribution in [2.75, 3.05) is 144 Å². The molecule has 5 aliphatic carbocycles. The number of aromatic nitrogens is 5. The van der Waals surface area contributed by atoms with Crippen LogP contribution in [0.5, 0.6) is 23.0 Å². The van der Waals surface area contributed by atoms with Crippen LogP contribution in [-0.4, -0.2) is 204 Å². The van der Waals surface area contributed by atoms with Crippen LogP contribution < -0.4 is 99.3 Å². The van der Waals surface area contributed by atoms with Gasteiger partial charge < -0.3 is 120 Å². The number of nitrogens with two attached hydrogens (primary N) is 5. The number of methoxy groups -OCH3 is 3. The number of nitrogens with zero attached hydrogens (tertiary/aromatic N) is 10. The standard InChI is InChI=1S/C22H26FN3O4.C21H21ClF3N3O4.C21H23ClFN3O4.C21H23F2N3O4.C20H21ClFN3O3/c1-12(9-24)13-4-3-7-25(10-13)19-17(23)8-15-18(21(19)30-2)26(14-5-6-14)11-16(20(15)27)22(28)29;22-14(7-26)10-2-1-5-27(8-10)17-15(23)6-12-16(19(17)32-21(24)25)28(11-3-4-11)9-13(18(12)29)20(30)31;1-30-20-17-13(19(27)14(21(28)29)10-26(17)12-4-5-12)7-16(23)18(20)25-6-2-3-11(9-25)15(22)8-24;1-30-20-17-13(19(27)14(21(28)29)10-26(17)12-4-5-12)7-15(22)18(20)25-6-2-3-11(9-25)16(23)8-24;21-15(8-23)11-2-1-5-24(9-11)18-7-17-13(6-16(18)22)19(26)14(20(27)28)10-25(17)12-3-4-12/h8,11,14H,3-7,9-10,24H2,1-2H3,(H,28,29);6,9,11,21H,1-5,7-8,26H2,(H,30,31);2*7,10,12H,2-6,8-9,24H2,1H3,(H,28,29);6-7,10,12H,1-5,8-9,23H2,(H,27,28)/b13-12-;14-10+;15-11+;16-11+;15-11+. The lowest BCUT2D eigenvalue weighted by Gasteiger charge is -2.33. The monoisotopic (exact) mass is 2150 g/mol. The number of piperidine rings is 5. The van der Waals surface area contributed by atoms with E-state index < -0.39 is 115 Å². The molecule has 0 bridgehead atoms. The van der Waals surface area contributed by atoms with Crippen molar-refractivity contribution in [1.29, 1.82) is 0 Å². The van der Waals surface area contributed by atoms with Crippen molar-refractivity contribution in [3.63, 3.8) is 0 Å². The van der Waals surface area contributed by atoms with Gasteiger partial charge in [-0.2, -0.15) is 8.78 Å². The Morgan fingerprint density at radius 3 is 0.893 bits per heavy atom. The highest BCUT2D eigenvalue weighted by atomic mass is 35.5. The summed E-state index contributed by atoms with van der Waals surface area (Å²) in [5.74, 6) is -10.4. The molecule has 15 N–H and O–H groups in total. The first kappa shape index (κ1) is 109. The van der Waals surface area contributed by atoms with Crippen LogP contribution in [-0.2, 0) is 0 Å². The number of halogens is 11. The maximum Gasteiger partial charge on any atom is 0.387 e. The molecule has 0 amide bonds. The lowest BCUT2D eigenvalue weighted by Crippen LogP contribution is -2.33. The van der Waals surface area contributed by atoms with Crippen LogP contribution in [0.3, 0.4) is 0 Å². The maximum absolute atomic E-state index is 15.4. The van der Waals surface area contributed by atoms with Gasteiger partial charge in [-0.05, 0) is 194 Å². The molecule has 0 radical (unpaired) electrons. The van der Waals surface area contributed by atoms with Crippen molar-refractivity contribution < 1.29 is 104 Å². The molecular weight excluding hydrogens is 2030 g/mol. The molecule has 5 aromatic carbocycles. The number of alkyl halides is 2. The number of rotatable bonds is 25. The van der Waals surface area contributed by atoms with E-state index in [2.05, 4.69) is 0 Å². The molecule has 5 saturated heterocycles. The van der Waals surface area contributed by atoms with Crippen molar-refractivity contribution >= 4 is 148 Å². The van der Waals surface area contributed by atoms with Gasteiger partial charge >= 0.3 is 36.5 Å². The maximum atomic E-state index is 15.4. The molecule has 0 spiro atoms. The second kappa shape index (κ2) is 45.7. The molecule has 0 unspecified atom stereocenters. The third-order valence-corrected chi connectivity index (χ3v) is 30.0. The van der Waals surface area contributed by atoms with Crippen LogP contribution >= 0.6 is 34.8 Å². The van der Waals surface area contributed by atoms with Crippen LogP contribution in [0.25, 0.3) is 54.5 Å². The van der Waals surface area contributed by atoms with E-state index in [1.807, 2.05) is 21.6 Å². The van der Waals surface area contributed by atoms with Gasteiger partial charge in [0.25, 0.3) is 0 Å². The van der Waals surface area contributed by atoms with Gasteiger partial charge in [-0.1, -0.05) is 45.9 Å². The number of ether oxygens (including phenoxy) is 4. The summed E-state index contributed by atoms with van der Waals surface area (Å²) in [6.07, 6.45) is 22.2. The zero-order valence-corrected chi connectivity index (χ0v) is 84.8. The number of hydrogen-bond donors (Lipinski definition) is 10. The van der Waals surface area contributed by atoms with Gasteiger partial charge in [-0.15, -0.1) is 0 Å². The molecule has 10 aliphatic rings. The number of aromatic carboxylic acids is 5. The van der Waals surface area contributed by atoms with Crippen molar-refractivity contribution in [1.82, 2.24) is 22.8 Å². The normalized spacial score (nSPS) is 18.7. The largest absolute Gasteiger partial charge is 0.492 e. The predicted octanol–water partition coefficient (Wildman–Crippen LogP) is 16.3. The van der Waals surface area contributed by atoms with Crippen LogP contribution in [0.4, 0.5) is 63.6 Å². The minimum Gasteiger partial charge on any atom is -0.492 e. The number of benzene rings is 5. The van der Waals surface area contributed by atoms with E-state index in [0.29, 0.717) is 152 Å². The lowest BCUT2D eigenvalue weighted by atomic mass is 9.98. The Kier molecular flexibility index (Phi) is 33.3. The molecule has 34 nitrogen and oxygen atoms in total. The van der Waals surface area contributed by atoms with E-state index in [1.54, 1.807) is 29.2 Å². The number of hydrogen-bond acceptors (Lipinski definition) is 24. The smallest absolute Gasteiger partial charge is 0.387 e. The number of carbonyl (C=O) groups is 5. The molecular formula is C105H114Cl3F8N15O19. The number of pyridine rings is 5. The van der Waals surface area contributed by atoms with E-state index in [9.17, 15) is 91.0 Å². The average Bonchev–Trinajstić information content (AvgIpc) is 1.49. The van der Waals surface area contributed by atoms with E-state index in [-0.39, 0.29) is 153 Å². The van der Waals surface area contributed by atoms with Gasteiger partial charge in [-0.3, -0.25) is 24.0 Å². The molecule has 0 atom stereocenters. The predicted molar refractivity (Wildman–Crippen MR) is 555 cm³/mol. The van der Waals surface area contributed by atoms with Gasteiger partial charge in [0.1, 0.15) is 62.2 Å². The molecule has 45 heteroatoms. The summed E-state index contributed by atoms with van der Waals surface area (Å²) in [6, 6.07) is 7.19. The molecule has 10 aromatic rings. The Morgan fingerprint density at radius 1 is 0.353 bits per heavy atom. The number of anilines is 5. The van der Waals surface area contributed by atoms with Gasteiger partial charge in [0.05, 0.1) is 76.1 Å². The highest BCUT2D eigenvalue weighted by molar-refractivity contribution is 6.31. The zero-order chi connectivity index (χ0) is 108. The molecule has 5 saturated carbocycles. The van der Waals surface area contributed by atoms with Crippen LogP contribution in [0.15, 0.2) is 146 Å². The topological polar surface area (TPSA) is 480 Å². The first-order chi connectivity index (χ1) is 71.7. The van der Waals surface area contributed by atoms with Crippen LogP contribution in [0, 0.1) is 29.1 Å². The van der Waals surface area contributed by atoms with Gasteiger partial charge in [0.2, 0.25) is 27.1 Å². The number of carboxylic acid groups (broad SMARTS) is 5. The summed E-state index contributed by atoms with van der Waals surface area (Å²) in [5.41, 5.74) is 30.5. The minimum absolute atomic E-state index is 0.00710. The first-order valence-electron chi connectivity index (χ1n) is 49.4. The van der Waals surface area contributed by atoms with E-state index in [1.165, 1.54) is 67.2 Å². The Bertz CT molecular complexity index is 7230. The Labute approximate surface area is 866 Å². The van der Waals surface area contributed by atoms with Crippen molar-refractivity contribution in [2.24, 2.45) is 28.7 Å². The van der Waals surface area contributed by atoms with E-state index in [0.717, 1.165) is 143 Å². The summed E-state index contributed by atoms with van der Waals surface area (Å²) >= 11 is 18.6. The second-order valence-electron chi connectivity index (χ2n) is 38.7. The third-order valence-electron chi connectivity index (χ3n) is 28.8. The fourth-order valence-electron chi connectivity index (χ4n) is 20.6. The molecule has 10 heterocycles. The van der Waals surface area contributed by atoms with Gasteiger partial charge in [-0.25, -0.2) is 50.3 Å². The van der Waals surface area contributed by atoms with E-state index in [4.69, 9.17) is 82.4 Å². The van der Waals surface area contributed by atoms with Crippen molar-refractivity contribution in [2.45, 2.75) is 172 Å². The first-order valence-corrected chi connectivity index (χ1v) is 50.5. The fraction of sp³-hybridized carbons (Fsp3) is 0.429. The molecule has 10 fully saturated rings. The van der Waals surface area contributed by atoms with Gasteiger partial charge in [0.15, 0.2) is 46.3 Å². The third kappa shape index (κ3) is 22.4. The molecule has 150 heavy (non-hydrogen) atoms. The second-order valence-corrected chi connectivity index (χ2v) is 40.1. The van der Waals surface area contributed by atoms with E-state index >= 15 is 17.6 Å². The quantitative estimate of drug-likeness (QED) is 0.0188. The Balaban J connectivity index is 0.000000134. The van der Waals surface area contributed by atoms with Crippen molar-refractivity contribution in [3.05, 3.63) is 230 Å². The summed E-state index contributed by atoms with van der Waals surface area (Å²) in [4.78, 5) is 130. The Morgan fingerprint density at radius 2 is 0.607 bits per heavy atom. The summed E-state index contributed by atoms with van der Waals surface area (Å²) in [5, 5.41) is 48.4. The van der Waals surface area contributed by atoms with Gasteiger partial charge in [0, 0.05) is 180 Å². The minimum atomic E-state index is -3.28. The zero-order valence-electron chi connectivity index (χ0n) is 82.5. The van der Waals surface area contributed by atoms with Crippen molar-refractivity contribution in [3.8, 4) is 23.0 Å². The van der Waals surface area contributed by atoms with Crippen LogP contribution in [0.1, 0.15) is 217 Å². The highest BCUT2D eigenvalue weighted by Gasteiger charge is 2.41. The number of fused-ring (bicyclic) bond motifs is 5. The Hall–Kier alpha value is -13.5. The van der Waals surface area contributed by atoms with Crippen LogP contribution in [0.2, 0.25) is 0 Å².